The molecule has 3 N–H and O–H groups in total. The van der Waals surface area contributed by atoms with E-state index in [1.165, 1.54) is 0 Å². The molecule has 0 bridgehead atoms. The standard InChI is InChI=1S/C12H17N3O5/c16-8-6-15(7-9(17)13-8)11(20)14-12(5-10(18)19)3-1-2-4-12/h1-7H2,(H,14,20)(H,18,19)(H,13,16,17). The first-order valence-corrected chi connectivity index (χ1v) is 6.52. The molecule has 8 heteroatoms. The number of carboxylic acids is 1. The third-order valence-corrected chi connectivity index (χ3v) is 3.66. The van der Waals surface area contributed by atoms with Crippen molar-refractivity contribution in [2.75, 3.05) is 13.1 Å². The van der Waals surface area contributed by atoms with Crippen LogP contribution in [0, 0.1) is 0 Å². The Labute approximate surface area is 115 Å². The molecule has 1 aliphatic heterocycles. The molecule has 1 saturated carbocycles. The van der Waals surface area contributed by atoms with Crippen molar-refractivity contribution in [1.82, 2.24) is 15.5 Å². The number of carbonyl (C=O) groups excluding carboxylic acids is 3. The number of carboxylic acid groups (broad SMARTS) is 1. The number of aliphatic carboxylic acids is 1. The lowest BCUT2D eigenvalue weighted by Crippen LogP contribution is -2.59. The Morgan fingerprint density at radius 3 is 2.25 bits per heavy atom. The molecule has 0 spiro atoms. The Kier molecular flexibility index (Phi) is 3.91. The summed E-state index contributed by atoms with van der Waals surface area (Å²) in [5.41, 5.74) is -0.764. The Bertz CT molecular complexity index is 440. The van der Waals surface area contributed by atoms with Crippen molar-refractivity contribution in [3.05, 3.63) is 0 Å². The van der Waals surface area contributed by atoms with Gasteiger partial charge >= 0.3 is 12.0 Å². The van der Waals surface area contributed by atoms with Gasteiger partial charge in [0.15, 0.2) is 0 Å². The Morgan fingerprint density at radius 2 is 1.75 bits per heavy atom. The van der Waals surface area contributed by atoms with Gasteiger partial charge in [-0.25, -0.2) is 4.79 Å². The summed E-state index contributed by atoms with van der Waals surface area (Å²) in [6.45, 7) is -0.387. The molecule has 2 aliphatic rings. The number of piperazine rings is 1. The maximum absolute atomic E-state index is 12.1. The van der Waals surface area contributed by atoms with Gasteiger partial charge in [0.05, 0.1) is 12.0 Å². The summed E-state index contributed by atoms with van der Waals surface area (Å²) in [6, 6.07) is -0.559. The summed E-state index contributed by atoms with van der Waals surface area (Å²) in [4.78, 5) is 46.6. The topological polar surface area (TPSA) is 116 Å². The second-order valence-electron chi connectivity index (χ2n) is 5.32. The number of hydrogen-bond acceptors (Lipinski definition) is 4. The fourth-order valence-electron chi connectivity index (χ4n) is 2.77. The minimum Gasteiger partial charge on any atom is -0.481 e. The molecule has 1 heterocycles. The van der Waals surface area contributed by atoms with Crippen molar-refractivity contribution < 1.29 is 24.3 Å². The quantitative estimate of drug-likeness (QED) is 0.600. The minimum absolute atomic E-state index is 0.146. The fourth-order valence-corrected chi connectivity index (χ4v) is 2.77. The van der Waals surface area contributed by atoms with Crippen molar-refractivity contribution in [3.8, 4) is 0 Å². The largest absolute Gasteiger partial charge is 0.481 e. The highest BCUT2D eigenvalue weighted by molar-refractivity contribution is 6.02. The van der Waals surface area contributed by atoms with Crippen LogP contribution < -0.4 is 10.6 Å². The smallest absolute Gasteiger partial charge is 0.318 e. The summed E-state index contributed by atoms with van der Waals surface area (Å²) in [7, 11) is 0. The van der Waals surface area contributed by atoms with E-state index < -0.39 is 29.4 Å². The number of nitrogens with one attached hydrogen (secondary N) is 2. The lowest BCUT2D eigenvalue weighted by molar-refractivity contribution is -0.139. The lowest BCUT2D eigenvalue weighted by Gasteiger charge is -2.33. The Balaban J connectivity index is 2.03. The number of hydrogen-bond donors (Lipinski definition) is 3. The van der Waals surface area contributed by atoms with Gasteiger partial charge in [-0.3, -0.25) is 19.7 Å². The molecule has 110 valence electrons. The maximum atomic E-state index is 12.1. The Morgan fingerprint density at radius 1 is 1.20 bits per heavy atom. The zero-order valence-corrected chi connectivity index (χ0v) is 11.0. The van der Waals surface area contributed by atoms with Crippen LogP contribution in [0.4, 0.5) is 4.79 Å². The normalized spacial score (nSPS) is 21.5. The molecule has 2 fully saturated rings. The lowest BCUT2D eigenvalue weighted by atomic mass is 9.93. The second kappa shape index (κ2) is 5.48. The first kappa shape index (κ1) is 14.3. The number of nitrogens with zero attached hydrogens (tertiary/aromatic N) is 1. The maximum Gasteiger partial charge on any atom is 0.318 e. The van der Waals surface area contributed by atoms with Crippen molar-refractivity contribution in [3.63, 3.8) is 0 Å². The van der Waals surface area contributed by atoms with Gasteiger partial charge < -0.3 is 15.3 Å². The predicted octanol–water partition coefficient (Wildman–Crippen LogP) is -0.558. The van der Waals surface area contributed by atoms with Crippen LogP contribution in [-0.2, 0) is 14.4 Å². The molecule has 0 atom stereocenters. The van der Waals surface area contributed by atoms with Crippen LogP contribution in [-0.4, -0.2) is 52.4 Å². The number of rotatable bonds is 3. The molecule has 0 aromatic carbocycles. The highest BCUT2D eigenvalue weighted by Crippen LogP contribution is 2.32. The molecule has 8 nitrogen and oxygen atoms in total. The van der Waals surface area contributed by atoms with Gasteiger partial charge in [-0.1, -0.05) is 12.8 Å². The van der Waals surface area contributed by atoms with Gasteiger partial charge in [-0.05, 0) is 12.8 Å². The molecule has 0 unspecified atom stereocenters. The van der Waals surface area contributed by atoms with Crippen molar-refractivity contribution in [2.24, 2.45) is 0 Å². The molecule has 0 aromatic rings. The zero-order valence-electron chi connectivity index (χ0n) is 11.0. The third kappa shape index (κ3) is 3.25. The van der Waals surface area contributed by atoms with Crippen LogP contribution in [0.5, 0.6) is 0 Å². The van der Waals surface area contributed by atoms with E-state index in [2.05, 4.69) is 10.6 Å². The van der Waals surface area contributed by atoms with Crippen LogP contribution >= 0.6 is 0 Å². The molecule has 1 aliphatic carbocycles. The summed E-state index contributed by atoms with van der Waals surface area (Å²) in [6.07, 6.45) is 2.75. The van der Waals surface area contributed by atoms with Gasteiger partial charge in [0.1, 0.15) is 13.1 Å². The van der Waals surface area contributed by atoms with Gasteiger partial charge in [0.25, 0.3) is 0 Å². The van der Waals surface area contributed by atoms with Crippen LogP contribution in [0.2, 0.25) is 0 Å². The molecule has 20 heavy (non-hydrogen) atoms. The molecule has 0 aromatic heterocycles. The number of urea groups is 1. The minimum atomic E-state index is -0.973. The van der Waals surface area contributed by atoms with E-state index >= 15 is 0 Å². The van der Waals surface area contributed by atoms with Crippen LogP contribution in [0.1, 0.15) is 32.1 Å². The van der Waals surface area contributed by atoms with Crippen LogP contribution in [0.25, 0.3) is 0 Å². The number of imide groups is 1. The summed E-state index contributed by atoms with van der Waals surface area (Å²) < 4.78 is 0. The highest BCUT2D eigenvalue weighted by atomic mass is 16.4. The molecular weight excluding hydrogens is 266 g/mol. The van der Waals surface area contributed by atoms with Crippen molar-refractivity contribution >= 4 is 23.8 Å². The third-order valence-electron chi connectivity index (χ3n) is 3.66. The van der Waals surface area contributed by atoms with E-state index in [0.29, 0.717) is 12.8 Å². The second-order valence-corrected chi connectivity index (χ2v) is 5.32. The SMILES string of the molecule is O=C(O)CC1(NC(=O)N2CC(=O)NC(=O)C2)CCCC1. The van der Waals surface area contributed by atoms with E-state index in [1.807, 2.05) is 0 Å². The van der Waals surface area contributed by atoms with E-state index in [1.54, 1.807) is 0 Å². The summed E-state index contributed by atoms with van der Waals surface area (Å²) in [5.74, 6) is -2.04. The molecule has 4 amide bonds. The van der Waals surface area contributed by atoms with E-state index in [9.17, 15) is 19.2 Å². The van der Waals surface area contributed by atoms with E-state index in [4.69, 9.17) is 5.11 Å². The van der Waals surface area contributed by atoms with Gasteiger partial charge in [-0.15, -0.1) is 0 Å². The predicted molar refractivity (Wildman–Crippen MR) is 66.7 cm³/mol. The van der Waals surface area contributed by atoms with Gasteiger partial charge in [-0.2, -0.15) is 0 Å². The molecular formula is C12H17N3O5. The number of carbonyl (C=O) groups is 4. The van der Waals surface area contributed by atoms with Crippen molar-refractivity contribution in [2.45, 2.75) is 37.6 Å². The number of amides is 4. The van der Waals surface area contributed by atoms with Crippen LogP contribution in [0.15, 0.2) is 0 Å². The Hall–Kier alpha value is -2.12. The van der Waals surface area contributed by atoms with E-state index in [0.717, 1.165) is 17.7 Å². The van der Waals surface area contributed by atoms with Gasteiger partial charge in [0.2, 0.25) is 11.8 Å². The first-order valence-electron chi connectivity index (χ1n) is 6.52. The zero-order chi connectivity index (χ0) is 14.8. The molecule has 0 radical (unpaired) electrons. The van der Waals surface area contributed by atoms with E-state index in [-0.39, 0.29) is 19.5 Å². The first-order chi connectivity index (χ1) is 9.40. The molecule has 1 saturated heterocycles. The summed E-state index contributed by atoms with van der Waals surface area (Å²) >= 11 is 0. The average Bonchev–Trinajstić information content (AvgIpc) is 2.74. The summed E-state index contributed by atoms with van der Waals surface area (Å²) in [5, 5.41) is 13.8. The van der Waals surface area contributed by atoms with Crippen molar-refractivity contribution in [1.29, 1.82) is 0 Å². The highest BCUT2D eigenvalue weighted by Gasteiger charge is 2.39. The van der Waals surface area contributed by atoms with Gasteiger partial charge in [0, 0.05) is 0 Å². The van der Waals surface area contributed by atoms with Crippen LogP contribution in [0.3, 0.4) is 0 Å². The monoisotopic (exact) mass is 283 g/mol. The average molecular weight is 283 g/mol. The molecule has 2 rings (SSSR count). The fraction of sp³-hybridized carbons (Fsp3) is 0.667.